The third-order valence-corrected chi connectivity index (χ3v) is 1.92. The van der Waals surface area contributed by atoms with Gasteiger partial charge in [-0.15, -0.1) is 0 Å². The van der Waals surface area contributed by atoms with Gasteiger partial charge in [0.1, 0.15) is 5.69 Å². The van der Waals surface area contributed by atoms with Crippen LogP contribution in [-0.4, -0.2) is 11.0 Å². The quantitative estimate of drug-likeness (QED) is 0.621. The molecule has 6 heteroatoms. The molecule has 0 aliphatic rings. The van der Waals surface area contributed by atoms with Crippen LogP contribution >= 0.6 is 0 Å². The molecule has 0 bridgehead atoms. The molecule has 0 spiro atoms. The number of hydrogen-bond donors (Lipinski definition) is 2. The maximum absolute atomic E-state index is 11.4. The molecule has 0 atom stereocenters. The van der Waals surface area contributed by atoms with Crippen molar-refractivity contribution < 1.29 is 9.72 Å². The molecule has 0 unspecified atom stereocenters. The Morgan fingerprint density at radius 1 is 1.47 bits per heavy atom. The van der Waals surface area contributed by atoms with Crippen LogP contribution in [0.2, 0.25) is 0 Å². The maximum atomic E-state index is 11.4. The summed E-state index contributed by atoms with van der Waals surface area (Å²) >= 11 is 0. The van der Waals surface area contributed by atoms with Crippen LogP contribution in [-0.2, 0) is 0 Å². The molecule has 90 valence electrons. The molecule has 0 aromatic heterocycles. The van der Waals surface area contributed by atoms with Crippen molar-refractivity contribution in [1.29, 1.82) is 0 Å². The lowest BCUT2D eigenvalue weighted by Gasteiger charge is -2.04. The summed E-state index contributed by atoms with van der Waals surface area (Å²) in [5.74, 6) is 0. The van der Waals surface area contributed by atoms with Gasteiger partial charge in [-0.3, -0.25) is 10.1 Å². The molecule has 1 aromatic rings. The number of benzene rings is 1. The standard InChI is InChI=1S/C11H13N3O3/c1-2-3-8-12-11(15)13-9-6-4-5-7-10(9)14(16)17/h3-8H,2H2,1H3,(H2,12,13,15)/b8-3+. The number of hydrogen-bond acceptors (Lipinski definition) is 3. The van der Waals surface area contributed by atoms with Crippen LogP contribution in [0.4, 0.5) is 16.2 Å². The summed E-state index contributed by atoms with van der Waals surface area (Å²) in [5, 5.41) is 15.5. The molecule has 2 N–H and O–H groups in total. The van der Waals surface area contributed by atoms with Crippen molar-refractivity contribution in [1.82, 2.24) is 5.32 Å². The second-order valence-electron chi connectivity index (χ2n) is 3.18. The topological polar surface area (TPSA) is 84.3 Å². The smallest absolute Gasteiger partial charge is 0.315 e. The zero-order valence-electron chi connectivity index (χ0n) is 9.34. The fourth-order valence-electron chi connectivity index (χ4n) is 1.15. The Bertz CT molecular complexity index is 443. The first-order valence-electron chi connectivity index (χ1n) is 5.11. The lowest BCUT2D eigenvalue weighted by Crippen LogP contribution is -2.24. The van der Waals surface area contributed by atoms with Crippen LogP contribution < -0.4 is 10.6 Å². The first-order chi connectivity index (χ1) is 8.15. The fourth-order valence-corrected chi connectivity index (χ4v) is 1.15. The van der Waals surface area contributed by atoms with Gasteiger partial charge in [-0.2, -0.15) is 0 Å². The van der Waals surface area contributed by atoms with E-state index >= 15 is 0 Å². The van der Waals surface area contributed by atoms with E-state index < -0.39 is 11.0 Å². The van der Waals surface area contributed by atoms with Crippen molar-refractivity contribution in [3.8, 4) is 0 Å². The highest BCUT2D eigenvalue weighted by molar-refractivity contribution is 5.92. The third-order valence-electron chi connectivity index (χ3n) is 1.92. The van der Waals surface area contributed by atoms with Crippen molar-refractivity contribution in [2.75, 3.05) is 5.32 Å². The molecular formula is C11H13N3O3. The number of nitro benzene ring substituents is 1. The number of carbonyl (C=O) groups is 1. The Kier molecular flexibility index (Phi) is 4.68. The lowest BCUT2D eigenvalue weighted by atomic mass is 10.3. The van der Waals surface area contributed by atoms with E-state index in [9.17, 15) is 14.9 Å². The summed E-state index contributed by atoms with van der Waals surface area (Å²) in [6.07, 6.45) is 4.05. The number of amides is 2. The van der Waals surface area contributed by atoms with Crippen LogP contribution in [0, 0.1) is 10.1 Å². The number of rotatable bonds is 4. The third kappa shape index (κ3) is 3.94. The van der Waals surface area contributed by atoms with E-state index in [2.05, 4.69) is 10.6 Å². The Labute approximate surface area is 98.5 Å². The number of allylic oxidation sites excluding steroid dienone is 1. The minimum absolute atomic E-state index is 0.137. The van der Waals surface area contributed by atoms with E-state index in [-0.39, 0.29) is 11.4 Å². The number of nitrogens with one attached hydrogen (secondary N) is 2. The minimum Gasteiger partial charge on any atom is -0.315 e. The van der Waals surface area contributed by atoms with E-state index in [1.165, 1.54) is 24.4 Å². The van der Waals surface area contributed by atoms with E-state index in [1.807, 2.05) is 6.92 Å². The molecule has 17 heavy (non-hydrogen) atoms. The highest BCUT2D eigenvalue weighted by Crippen LogP contribution is 2.22. The van der Waals surface area contributed by atoms with Crippen LogP contribution in [0.1, 0.15) is 13.3 Å². The predicted molar refractivity (Wildman–Crippen MR) is 64.7 cm³/mol. The van der Waals surface area contributed by atoms with Crippen molar-refractivity contribution in [3.05, 3.63) is 46.7 Å². The average Bonchev–Trinajstić information content (AvgIpc) is 2.29. The SMILES string of the molecule is CC/C=C/NC(=O)Nc1ccccc1[N+](=O)[O-]. The fraction of sp³-hybridized carbons (Fsp3) is 0.182. The van der Waals surface area contributed by atoms with E-state index in [0.29, 0.717) is 0 Å². The second-order valence-corrected chi connectivity index (χ2v) is 3.18. The molecule has 0 aliphatic carbocycles. The molecule has 0 aliphatic heterocycles. The van der Waals surface area contributed by atoms with Gasteiger partial charge in [0.25, 0.3) is 5.69 Å². The van der Waals surface area contributed by atoms with Crippen LogP contribution in [0.25, 0.3) is 0 Å². The monoisotopic (exact) mass is 235 g/mol. The molecule has 0 fully saturated rings. The Morgan fingerprint density at radius 3 is 2.82 bits per heavy atom. The van der Waals surface area contributed by atoms with Gasteiger partial charge in [0.15, 0.2) is 0 Å². The summed E-state index contributed by atoms with van der Waals surface area (Å²) in [5.41, 5.74) is 0.0296. The van der Waals surface area contributed by atoms with Gasteiger partial charge in [-0.25, -0.2) is 4.79 Å². The zero-order chi connectivity index (χ0) is 12.7. The highest BCUT2D eigenvalue weighted by atomic mass is 16.6. The second kappa shape index (κ2) is 6.26. The maximum Gasteiger partial charge on any atom is 0.323 e. The first kappa shape index (κ1) is 12.7. The Morgan fingerprint density at radius 2 is 2.18 bits per heavy atom. The molecule has 0 radical (unpaired) electrons. The lowest BCUT2D eigenvalue weighted by molar-refractivity contribution is -0.383. The number of carbonyl (C=O) groups excluding carboxylic acids is 1. The normalized spacial score (nSPS) is 10.2. The zero-order valence-corrected chi connectivity index (χ0v) is 9.34. The molecule has 1 aromatic carbocycles. The number of nitrogens with zero attached hydrogens (tertiary/aromatic N) is 1. The number of para-hydroxylation sites is 2. The number of nitro groups is 1. The van der Waals surface area contributed by atoms with Crippen molar-refractivity contribution in [2.45, 2.75) is 13.3 Å². The van der Waals surface area contributed by atoms with E-state index in [4.69, 9.17) is 0 Å². The molecular weight excluding hydrogens is 222 g/mol. The Hall–Kier alpha value is -2.37. The molecule has 0 saturated heterocycles. The van der Waals surface area contributed by atoms with Gasteiger partial charge in [0.2, 0.25) is 0 Å². The van der Waals surface area contributed by atoms with Gasteiger partial charge in [0, 0.05) is 12.3 Å². The summed E-state index contributed by atoms with van der Waals surface area (Å²) in [6, 6.07) is 5.45. The van der Waals surface area contributed by atoms with E-state index in [1.54, 1.807) is 12.1 Å². The molecule has 0 heterocycles. The van der Waals surface area contributed by atoms with Crippen LogP contribution in [0.3, 0.4) is 0 Å². The van der Waals surface area contributed by atoms with Crippen LogP contribution in [0.5, 0.6) is 0 Å². The molecule has 1 rings (SSSR count). The highest BCUT2D eigenvalue weighted by Gasteiger charge is 2.13. The predicted octanol–water partition coefficient (Wildman–Crippen LogP) is 2.64. The largest absolute Gasteiger partial charge is 0.323 e. The van der Waals surface area contributed by atoms with Gasteiger partial charge < -0.3 is 10.6 Å². The average molecular weight is 235 g/mol. The van der Waals surface area contributed by atoms with Gasteiger partial charge in [0.05, 0.1) is 4.92 Å². The number of urea groups is 1. The first-order valence-corrected chi connectivity index (χ1v) is 5.11. The van der Waals surface area contributed by atoms with Gasteiger partial charge in [-0.1, -0.05) is 25.1 Å². The molecule has 6 nitrogen and oxygen atoms in total. The van der Waals surface area contributed by atoms with Crippen LogP contribution in [0.15, 0.2) is 36.5 Å². The Balaban J connectivity index is 2.71. The summed E-state index contributed by atoms with van der Waals surface area (Å²) in [4.78, 5) is 21.5. The minimum atomic E-state index is -0.544. The van der Waals surface area contributed by atoms with Gasteiger partial charge in [-0.05, 0) is 12.5 Å². The van der Waals surface area contributed by atoms with Crippen molar-refractivity contribution in [2.24, 2.45) is 0 Å². The van der Waals surface area contributed by atoms with Crippen molar-refractivity contribution >= 4 is 17.4 Å². The number of anilines is 1. The summed E-state index contributed by atoms with van der Waals surface area (Å²) in [7, 11) is 0. The van der Waals surface area contributed by atoms with E-state index in [0.717, 1.165) is 6.42 Å². The van der Waals surface area contributed by atoms with Gasteiger partial charge >= 0.3 is 6.03 Å². The summed E-state index contributed by atoms with van der Waals surface area (Å²) in [6.45, 7) is 1.93. The molecule has 2 amide bonds. The summed E-state index contributed by atoms with van der Waals surface area (Å²) < 4.78 is 0. The molecule has 0 saturated carbocycles. The van der Waals surface area contributed by atoms with Crippen molar-refractivity contribution in [3.63, 3.8) is 0 Å².